The molecule has 0 radical (unpaired) electrons. The molecule has 1 saturated heterocycles. The molecule has 142 valence electrons. The summed E-state index contributed by atoms with van der Waals surface area (Å²) in [6.07, 6.45) is 0.890. The SMILES string of the molecule is FC(F)(F)c1ccc(CNc2ncnc3c2cnn3C2CCNCC2)cc1. The summed E-state index contributed by atoms with van der Waals surface area (Å²) in [7, 11) is 0. The number of halogens is 3. The van der Waals surface area contributed by atoms with Crippen molar-refractivity contribution >= 4 is 16.9 Å². The maximum Gasteiger partial charge on any atom is 0.416 e. The molecule has 1 fully saturated rings. The zero-order valence-corrected chi connectivity index (χ0v) is 14.5. The molecule has 6 nitrogen and oxygen atoms in total. The number of benzene rings is 1. The second-order valence-corrected chi connectivity index (χ2v) is 6.58. The number of hydrogen-bond acceptors (Lipinski definition) is 5. The third-order valence-corrected chi connectivity index (χ3v) is 4.79. The van der Waals surface area contributed by atoms with Crippen molar-refractivity contribution in [3.63, 3.8) is 0 Å². The minimum absolute atomic E-state index is 0.307. The molecule has 3 aromatic rings. The fraction of sp³-hybridized carbons (Fsp3) is 0.389. The highest BCUT2D eigenvalue weighted by molar-refractivity contribution is 5.86. The van der Waals surface area contributed by atoms with Crippen LogP contribution in [0.3, 0.4) is 0 Å². The summed E-state index contributed by atoms with van der Waals surface area (Å²) < 4.78 is 39.9. The summed E-state index contributed by atoms with van der Waals surface area (Å²) in [5, 5.41) is 11.8. The molecule has 3 heterocycles. The van der Waals surface area contributed by atoms with Crippen molar-refractivity contribution in [2.24, 2.45) is 0 Å². The molecule has 0 saturated carbocycles. The fourth-order valence-corrected chi connectivity index (χ4v) is 3.32. The molecule has 0 unspecified atom stereocenters. The van der Waals surface area contributed by atoms with E-state index in [0.717, 1.165) is 54.7 Å². The summed E-state index contributed by atoms with van der Waals surface area (Å²) in [4.78, 5) is 8.64. The van der Waals surface area contributed by atoms with Crippen molar-refractivity contribution in [3.05, 3.63) is 47.9 Å². The Bertz CT molecular complexity index is 913. The highest BCUT2D eigenvalue weighted by Gasteiger charge is 2.29. The van der Waals surface area contributed by atoms with E-state index in [4.69, 9.17) is 0 Å². The Kier molecular flexibility index (Phi) is 4.69. The van der Waals surface area contributed by atoms with Crippen molar-refractivity contribution < 1.29 is 13.2 Å². The van der Waals surface area contributed by atoms with Gasteiger partial charge in [-0.05, 0) is 43.6 Å². The predicted octanol–water partition coefficient (Wildman–Crippen LogP) is 3.38. The average Bonchev–Trinajstić information content (AvgIpc) is 3.11. The van der Waals surface area contributed by atoms with Gasteiger partial charge in [-0.2, -0.15) is 18.3 Å². The van der Waals surface area contributed by atoms with E-state index in [0.29, 0.717) is 18.4 Å². The first kappa shape index (κ1) is 17.7. The van der Waals surface area contributed by atoms with Gasteiger partial charge < -0.3 is 10.6 Å². The molecule has 0 bridgehead atoms. The molecule has 1 aromatic carbocycles. The highest BCUT2D eigenvalue weighted by Crippen LogP contribution is 2.29. The van der Waals surface area contributed by atoms with E-state index in [-0.39, 0.29) is 0 Å². The summed E-state index contributed by atoms with van der Waals surface area (Å²) in [5.74, 6) is 0.625. The quantitative estimate of drug-likeness (QED) is 0.731. The lowest BCUT2D eigenvalue weighted by Crippen LogP contribution is -2.29. The minimum Gasteiger partial charge on any atom is -0.365 e. The van der Waals surface area contributed by atoms with Crippen LogP contribution in [0.2, 0.25) is 0 Å². The molecule has 1 aliphatic rings. The second-order valence-electron chi connectivity index (χ2n) is 6.58. The number of nitrogens with zero attached hydrogens (tertiary/aromatic N) is 4. The molecule has 0 atom stereocenters. The first-order valence-electron chi connectivity index (χ1n) is 8.81. The van der Waals surface area contributed by atoms with Gasteiger partial charge in [0.2, 0.25) is 0 Å². The zero-order valence-electron chi connectivity index (χ0n) is 14.5. The summed E-state index contributed by atoms with van der Waals surface area (Å²) in [5.41, 5.74) is 0.853. The largest absolute Gasteiger partial charge is 0.416 e. The Hall–Kier alpha value is -2.68. The minimum atomic E-state index is -4.33. The van der Waals surface area contributed by atoms with Gasteiger partial charge in [-0.25, -0.2) is 14.6 Å². The smallest absolute Gasteiger partial charge is 0.365 e. The van der Waals surface area contributed by atoms with Crippen LogP contribution in [0.15, 0.2) is 36.8 Å². The normalized spacial score (nSPS) is 16.0. The van der Waals surface area contributed by atoms with E-state index in [1.54, 1.807) is 6.20 Å². The molecule has 0 amide bonds. The van der Waals surface area contributed by atoms with Crippen LogP contribution in [0.5, 0.6) is 0 Å². The molecule has 2 N–H and O–H groups in total. The monoisotopic (exact) mass is 376 g/mol. The maximum absolute atomic E-state index is 12.7. The number of nitrogens with one attached hydrogen (secondary N) is 2. The predicted molar refractivity (Wildman–Crippen MR) is 95.2 cm³/mol. The van der Waals surface area contributed by atoms with Crippen molar-refractivity contribution in [3.8, 4) is 0 Å². The molecule has 4 rings (SSSR count). The van der Waals surface area contributed by atoms with Crippen molar-refractivity contribution in [2.45, 2.75) is 31.6 Å². The number of fused-ring (bicyclic) bond motifs is 1. The number of alkyl halides is 3. The number of rotatable bonds is 4. The van der Waals surface area contributed by atoms with E-state index in [2.05, 4.69) is 25.7 Å². The van der Waals surface area contributed by atoms with Gasteiger partial charge in [0.05, 0.1) is 23.2 Å². The average molecular weight is 376 g/mol. The number of piperidine rings is 1. The fourth-order valence-electron chi connectivity index (χ4n) is 3.32. The van der Waals surface area contributed by atoms with Gasteiger partial charge in [0.15, 0.2) is 5.65 Å². The number of aromatic nitrogens is 4. The van der Waals surface area contributed by atoms with Crippen LogP contribution in [-0.2, 0) is 12.7 Å². The maximum atomic E-state index is 12.7. The number of hydrogen-bond donors (Lipinski definition) is 2. The van der Waals surface area contributed by atoms with Crippen LogP contribution in [-0.4, -0.2) is 32.8 Å². The van der Waals surface area contributed by atoms with Crippen LogP contribution < -0.4 is 10.6 Å². The Balaban J connectivity index is 1.51. The molecule has 9 heteroatoms. The summed E-state index contributed by atoms with van der Waals surface area (Å²) in [6, 6.07) is 5.41. The molecule has 27 heavy (non-hydrogen) atoms. The lowest BCUT2D eigenvalue weighted by atomic mass is 10.1. The van der Waals surface area contributed by atoms with Crippen molar-refractivity contribution in [1.29, 1.82) is 0 Å². The van der Waals surface area contributed by atoms with Gasteiger partial charge >= 0.3 is 6.18 Å². The van der Waals surface area contributed by atoms with Gasteiger partial charge in [-0.3, -0.25) is 0 Å². The van der Waals surface area contributed by atoms with E-state index in [1.165, 1.54) is 18.5 Å². The molecule has 0 spiro atoms. The molecule has 1 aliphatic heterocycles. The summed E-state index contributed by atoms with van der Waals surface area (Å²) in [6.45, 7) is 2.27. The first-order valence-corrected chi connectivity index (χ1v) is 8.81. The third kappa shape index (κ3) is 3.73. The Morgan fingerprint density at radius 3 is 2.56 bits per heavy atom. The molecular weight excluding hydrogens is 357 g/mol. The van der Waals surface area contributed by atoms with E-state index >= 15 is 0 Å². The first-order chi connectivity index (χ1) is 13.0. The highest BCUT2D eigenvalue weighted by atomic mass is 19.4. The van der Waals surface area contributed by atoms with Crippen LogP contribution in [0.4, 0.5) is 19.0 Å². The summed E-state index contributed by atoms with van der Waals surface area (Å²) >= 11 is 0. The lowest BCUT2D eigenvalue weighted by Gasteiger charge is -2.23. The van der Waals surface area contributed by atoms with Gasteiger partial charge in [0.25, 0.3) is 0 Å². The van der Waals surface area contributed by atoms with Crippen molar-refractivity contribution in [1.82, 2.24) is 25.1 Å². The van der Waals surface area contributed by atoms with Gasteiger partial charge in [0.1, 0.15) is 12.1 Å². The molecule has 2 aromatic heterocycles. The van der Waals surface area contributed by atoms with E-state index < -0.39 is 11.7 Å². The van der Waals surface area contributed by atoms with Crippen LogP contribution in [0.1, 0.15) is 30.0 Å². The Morgan fingerprint density at radius 1 is 1.11 bits per heavy atom. The number of anilines is 1. The third-order valence-electron chi connectivity index (χ3n) is 4.79. The van der Waals surface area contributed by atoms with Crippen LogP contribution in [0.25, 0.3) is 11.0 Å². The van der Waals surface area contributed by atoms with E-state index in [9.17, 15) is 13.2 Å². The van der Waals surface area contributed by atoms with Gasteiger partial charge in [-0.1, -0.05) is 12.1 Å². The van der Waals surface area contributed by atoms with Crippen molar-refractivity contribution in [2.75, 3.05) is 18.4 Å². The van der Waals surface area contributed by atoms with Gasteiger partial charge in [-0.15, -0.1) is 0 Å². The van der Waals surface area contributed by atoms with Crippen LogP contribution >= 0.6 is 0 Å². The molecular formula is C18H19F3N6. The van der Waals surface area contributed by atoms with Crippen LogP contribution in [0, 0.1) is 0 Å². The van der Waals surface area contributed by atoms with E-state index in [1.807, 2.05) is 4.68 Å². The second kappa shape index (κ2) is 7.15. The Morgan fingerprint density at radius 2 is 1.85 bits per heavy atom. The Labute approximate surface area is 153 Å². The molecule has 0 aliphatic carbocycles. The zero-order chi connectivity index (χ0) is 18.9. The standard InChI is InChI=1S/C18H19F3N6/c19-18(20,21)13-3-1-12(2-4-13)9-23-16-15-10-26-27(17(15)25-11-24-16)14-5-7-22-8-6-14/h1-4,10-11,14,22H,5-9H2,(H,23,24,25). The lowest BCUT2D eigenvalue weighted by molar-refractivity contribution is -0.137. The topological polar surface area (TPSA) is 67.7 Å². The van der Waals surface area contributed by atoms with Gasteiger partial charge in [0, 0.05) is 6.54 Å².